The first-order chi connectivity index (χ1) is 21.2. The lowest BCUT2D eigenvalue weighted by atomic mass is 9.59. The zero-order valence-electron chi connectivity index (χ0n) is 24.1. The Hall–Kier alpha value is -5.17. The Labute approximate surface area is 260 Å². The van der Waals surface area contributed by atoms with Crippen LogP contribution >= 0.6 is 11.6 Å². The van der Waals surface area contributed by atoms with E-state index >= 15 is 0 Å². The lowest BCUT2D eigenvalue weighted by Crippen LogP contribution is -2.39. The minimum absolute atomic E-state index is 0.0404. The zero-order chi connectivity index (χ0) is 32.6. The number of carbonyl (C=O) groups excluding carboxylic acids is 4. The number of anilines is 2. The number of rotatable bonds is 5. The highest BCUT2D eigenvalue weighted by Gasteiger charge is 2.57. The quantitative estimate of drug-likeness (QED) is 0.161. The third kappa shape index (κ3) is 4.45. The molecule has 1 heterocycles. The van der Waals surface area contributed by atoms with Crippen molar-refractivity contribution in [2.75, 3.05) is 23.9 Å². The molecule has 45 heavy (non-hydrogen) atoms. The average molecular weight is 633 g/mol. The van der Waals surface area contributed by atoms with Crippen LogP contribution in [0, 0.1) is 38.0 Å². The fourth-order valence-corrected chi connectivity index (χ4v) is 7.36. The Morgan fingerprint density at radius 3 is 2.22 bits per heavy atom. The number of aromatic hydroxyl groups is 1. The minimum atomic E-state index is -1.04. The van der Waals surface area contributed by atoms with E-state index in [1.165, 1.54) is 50.2 Å². The summed E-state index contributed by atoms with van der Waals surface area (Å²) in [5.41, 5.74) is -0.532. The van der Waals surface area contributed by atoms with Crippen molar-refractivity contribution >= 4 is 57.7 Å². The average Bonchev–Trinajstić information content (AvgIpc) is 3.24. The number of ketones is 2. The van der Waals surface area contributed by atoms with E-state index in [2.05, 4.69) is 0 Å². The van der Waals surface area contributed by atoms with Gasteiger partial charge in [0.05, 0.1) is 27.4 Å². The molecular weight excluding hydrogens is 608 g/mol. The third-order valence-corrected chi connectivity index (χ3v) is 9.25. The first kappa shape index (κ1) is 29.9. The Balaban J connectivity index is 1.50. The van der Waals surface area contributed by atoms with Crippen molar-refractivity contribution < 1.29 is 34.1 Å². The second kappa shape index (κ2) is 10.5. The number of phenolic OH excluding ortho intramolecular Hbond substituents is 1. The van der Waals surface area contributed by atoms with Gasteiger partial charge in [-0.2, -0.15) is 0 Å². The molecule has 1 aliphatic heterocycles. The number of nitro groups is 2. The van der Waals surface area contributed by atoms with Crippen molar-refractivity contribution in [1.29, 1.82) is 0 Å². The van der Waals surface area contributed by atoms with Gasteiger partial charge in [0, 0.05) is 59.5 Å². The van der Waals surface area contributed by atoms with Gasteiger partial charge in [0.1, 0.15) is 5.75 Å². The van der Waals surface area contributed by atoms with E-state index in [1.807, 2.05) is 0 Å². The van der Waals surface area contributed by atoms with Gasteiger partial charge in [-0.05, 0) is 50.0 Å². The van der Waals surface area contributed by atoms with E-state index in [0.29, 0.717) is 5.57 Å². The van der Waals surface area contributed by atoms with Crippen LogP contribution in [0.5, 0.6) is 5.75 Å². The molecule has 0 aromatic heterocycles. The topological polar surface area (TPSA) is 181 Å². The van der Waals surface area contributed by atoms with Crippen molar-refractivity contribution in [2.24, 2.45) is 17.8 Å². The van der Waals surface area contributed by atoms with Crippen LogP contribution in [0.4, 0.5) is 22.7 Å². The van der Waals surface area contributed by atoms with Crippen LogP contribution in [-0.2, 0) is 19.2 Å². The number of amides is 2. The maximum atomic E-state index is 14.2. The standard InChI is InChI=1S/C31H25ClN4O9/c1-13-8-24(38)20-12-18-16(25(27(20)29(13)39)19-9-14(32)4-7-23(19)37)5-6-17-26(18)31(41)34(30(17)40)15-10-21(35(42)43)28(33(2)3)22(11-15)36(44)45/h4-5,7-11,17-18,25-26,37H,6,12H2,1-3H3/t17-,18+,25+,26-/m0/s1. The molecule has 1 saturated heterocycles. The van der Waals surface area contributed by atoms with Gasteiger partial charge in [-0.3, -0.25) is 39.4 Å². The number of imide groups is 1. The summed E-state index contributed by atoms with van der Waals surface area (Å²) in [6.07, 6.45) is 2.97. The van der Waals surface area contributed by atoms with Crippen molar-refractivity contribution in [2.45, 2.75) is 25.7 Å². The SMILES string of the molecule is CC1=CC(=O)C2=C(C1=O)[C@@H](c1cc(Cl)ccc1O)C1=CC[C@@H]3C(=O)N(c4cc([N+](=O)[O-])c(N(C)C)c([N+](=O)[O-])c4)C(=O)[C@@H]3[C@@H]1C2. The summed E-state index contributed by atoms with van der Waals surface area (Å²) in [5, 5.41) is 35.1. The molecule has 230 valence electrons. The molecule has 2 amide bonds. The highest BCUT2D eigenvalue weighted by Crippen LogP contribution is 2.57. The molecule has 14 heteroatoms. The second-order valence-electron chi connectivity index (χ2n) is 11.7. The van der Waals surface area contributed by atoms with E-state index in [9.17, 15) is 44.5 Å². The van der Waals surface area contributed by atoms with Gasteiger partial charge in [0.15, 0.2) is 17.3 Å². The van der Waals surface area contributed by atoms with E-state index in [4.69, 9.17) is 11.6 Å². The van der Waals surface area contributed by atoms with E-state index in [-0.39, 0.29) is 63.1 Å². The molecule has 2 aromatic carbocycles. The van der Waals surface area contributed by atoms with Crippen molar-refractivity contribution in [3.05, 3.63) is 95.6 Å². The van der Waals surface area contributed by atoms with Gasteiger partial charge < -0.3 is 10.0 Å². The maximum Gasteiger partial charge on any atom is 0.301 e. The minimum Gasteiger partial charge on any atom is -0.508 e. The Morgan fingerprint density at radius 2 is 1.62 bits per heavy atom. The molecule has 6 rings (SSSR count). The highest BCUT2D eigenvalue weighted by atomic mass is 35.5. The Bertz CT molecular complexity index is 1860. The Morgan fingerprint density at radius 1 is 0.978 bits per heavy atom. The summed E-state index contributed by atoms with van der Waals surface area (Å²) in [7, 11) is 2.80. The van der Waals surface area contributed by atoms with Crippen LogP contribution < -0.4 is 9.80 Å². The molecule has 0 unspecified atom stereocenters. The zero-order valence-corrected chi connectivity index (χ0v) is 24.9. The highest BCUT2D eigenvalue weighted by molar-refractivity contribution is 6.30. The number of fused-ring (bicyclic) bond motifs is 3. The van der Waals surface area contributed by atoms with Crippen LogP contribution in [0.25, 0.3) is 0 Å². The van der Waals surface area contributed by atoms with Crippen LogP contribution in [0.1, 0.15) is 31.2 Å². The summed E-state index contributed by atoms with van der Waals surface area (Å²) >= 11 is 6.28. The predicted molar refractivity (Wildman–Crippen MR) is 161 cm³/mol. The molecule has 4 aliphatic rings. The first-order valence-electron chi connectivity index (χ1n) is 13.9. The molecule has 0 radical (unpaired) electrons. The lowest BCUT2D eigenvalue weighted by Gasteiger charge is -2.42. The molecule has 13 nitrogen and oxygen atoms in total. The number of benzene rings is 2. The molecule has 1 fully saturated rings. The summed E-state index contributed by atoms with van der Waals surface area (Å²) < 4.78 is 0. The largest absolute Gasteiger partial charge is 0.508 e. The Kier molecular flexibility index (Phi) is 6.96. The van der Waals surface area contributed by atoms with Crippen LogP contribution in [0.3, 0.4) is 0 Å². The summed E-state index contributed by atoms with van der Waals surface area (Å²) in [6.45, 7) is 1.52. The van der Waals surface area contributed by atoms with Gasteiger partial charge in [-0.1, -0.05) is 23.3 Å². The normalized spacial score (nSPS) is 24.1. The molecule has 0 saturated carbocycles. The van der Waals surface area contributed by atoms with Gasteiger partial charge in [0.25, 0.3) is 0 Å². The van der Waals surface area contributed by atoms with E-state index < -0.39 is 62.5 Å². The van der Waals surface area contributed by atoms with Gasteiger partial charge in [0.2, 0.25) is 11.8 Å². The third-order valence-electron chi connectivity index (χ3n) is 9.02. The number of phenols is 1. The number of hydrogen-bond acceptors (Lipinski definition) is 10. The molecule has 1 N–H and O–H groups in total. The number of halogens is 1. The fourth-order valence-electron chi connectivity index (χ4n) is 7.18. The summed E-state index contributed by atoms with van der Waals surface area (Å²) in [5.74, 6) is -6.08. The predicted octanol–water partition coefficient (Wildman–Crippen LogP) is 4.56. The number of nitrogens with zero attached hydrogens (tertiary/aromatic N) is 4. The molecule has 3 aliphatic carbocycles. The van der Waals surface area contributed by atoms with Crippen LogP contribution in [0.15, 0.2) is 64.8 Å². The molecule has 0 spiro atoms. The number of nitro benzene ring substituents is 2. The van der Waals surface area contributed by atoms with Gasteiger partial charge in [-0.15, -0.1) is 0 Å². The van der Waals surface area contributed by atoms with E-state index in [0.717, 1.165) is 17.0 Å². The number of allylic oxidation sites excluding steroid dienone is 6. The molecular formula is C31H25ClN4O9. The first-order valence-corrected chi connectivity index (χ1v) is 14.3. The number of Topliss-reactive ketones (excluding diaryl/α,β-unsaturated/α-hetero) is 1. The lowest BCUT2D eigenvalue weighted by molar-refractivity contribution is -0.392. The maximum absolute atomic E-state index is 14.2. The molecule has 0 bridgehead atoms. The summed E-state index contributed by atoms with van der Waals surface area (Å²) in [6, 6.07) is 6.27. The van der Waals surface area contributed by atoms with Crippen LogP contribution in [0.2, 0.25) is 5.02 Å². The monoisotopic (exact) mass is 632 g/mol. The number of carbonyl (C=O) groups is 4. The van der Waals surface area contributed by atoms with Crippen molar-refractivity contribution in [1.82, 2.24) is 0 Å². The van der Waals surface area contributed by atoms with Crippen LogP contribution in [-0.4, -0.2) is 52.4 Å². The van der Waals surface area contributed by atoms with Crippen molar-refractivity contribution in [3.63, 3.8) is 0 Å². The fraction of sp³-hybridized carbons (Fsp3) is 0.290. The van der Waals surface area contributed by atoms with Gasteiger partial charge in [-0.25, -0.2) is 4.90 Å². The van der Waals surface area contributed by atoms with Crippen molar-refractivity contribution in [3.8, 4) is 5.75 Å². The smallest absolute Gasteiger partial charge is 0.301 e. The van der Waals surface area contributed by atoms with E-state index in [1.54, 1.807) is 6.08 Å². The van der Waals surface area contributed by atoms with Gasteiger partial charge >= 0.3 is 11.4 Å². The second-order valence-corrected chi connectivity index (χ2v) is 12.1. The summed E-state index contributed by atoms with van der Waals surface area (Å²) in [4.78, 5) is 79.1. The number of hydrogen-bond donors (Lipinski definition) is 1. The molecule has 4 atom stereocenters. The molecule has 2 aromatic rings.